The van der Waals surface area contributed by atoms with Crippen molar-refractivity contribution in [2.75, 3.05) is 0 Å². The highest BCUT2D eigenvalue weighted by Crippen LogP contribution is 2.20. The maximum Gasteiger partial charge on any atom is 0.138 e. The second kappa shape index (κ2) is 4.55. The third-order valence-electron chi connectivity index (χ3n) is 2.51. The van der Waals surface area contributed by atoms with Crippen LogP contribution in [0.1, 0.15) is 0 Å². The number of hydrogen-bond acceptors (Lipinski definition) is 1. The smallest absolute Gasteiger partial charge is 0.138 e. The van der Waals surface area contributed by atoms with Crippen LogP contribution in [0.15, 0.2) is 48.5 Å². The van der Waals surface area contributed by atoms with Gasteiger partial charge < -0.3 is 17.4 Å². The largest absolute Gasteiger partial charge is 1.00 e. The number of hydrogen-bond donors (Lipinski definition) is 1. The van der Waals surface area contributed by atoms with Crippen molar-refractivity contribution in [2.45, 2.75) is 0 Å². The van der Waals surface area contributed by atoms with E-state index < -0.39 is 0 Å². The van der Waals surface area contributed by atoms with E-state index in [0.717, 1.165) is 22.4 Å². The van der Waals surface area contributed by atoms with Crippen LogP contribution in [0.2, 0.25) is 0 Å². The lowest BCUT2D eigenvalue weighted by molar-refractivity contribution is -0.00000388. The molecule has 0 unspecified atom stereocenters. The molecular formula is C13H9ClFN2-. The number of nitrogens with one attached hydrogen (secondary N) is 1. The molecule has 0 spiro atoms. The average Bonchev–Trinajstić information content (AvgIpc) is 2.73. The summed E-state index contributed by atoms with van der Waals surface area (Å²) in [4.78, 5) is 7.63. The third kappa shape index (κ3) is 2.15. The van der Waals surface area contributed by atoms with Crippen LogP contribution in [0.3, 0.4) is 0 Å². The molecule has 1 N–H and O–H groups in total. The number of rotatable bonds is 1. The number of fused-ring (bicyclic) bond motifs is 1. The minimum absolute atomic E-state index is 0. The first-order valence-corrected chi connectivity index (χ1v) is 5.03. The van der Waals surface area contributed by atoms with E-state index in [-0.39, 0.29) is 18.2 Å². The molecule has 0 saturated carbocycles. The van der Waals surface area contributed by atoms with Gasteiger partial charge in [0.15, 0.2) is 0 Å². The monoisotopic (exact) mass is 247 g/mol. The molecule has 3 rings (SSSR count). The van der Waals surface area contributed by atoms with Gasteiger partial charge in [0.25, 0.3) is 0 Å². The fourth-order valence-electron chi connectivity index (χ4n) is 1.70. The van der Waals surface area contributed by atoms with Gasteiger partial charge in [0.2, 0.25) is 0 Å². The number of aromatic amines is 1. The lowest BCUT2D eigenvalue weighted by atomic mass is 10.2. The van der Waals surface area contributed by atoms with E-state index in [1.54, 1.807) is 12.1 Å². The maximum atomic E-state index is 12.8. The molecule has 0 amide bonds. The number of H-pyrrole nitrogens is 1. The number of halogens is 2. The van der Waals surface area contributed by atoms with Gasteiger partial charge in [-0.25, -0.2) is 9.37 Å². The topological polar surface area (TPSA) is 28.7 Å². The van der Waals surface area contributed by atoms with Gasteiger partial charge in [0.1, 0.15) is 11.6 Å². The molecule has 0 radical (unpaired) electrons. The lowest BCUT2D eigenvalue weighted by Gasteiger charge is -1.94. The molecule has 0 bridgehead atoms. The van der Waals surface area contributed by atoms with Crippen LogP contribution in [0, 0.1) is 5.82 Å². The summed E-state index contributed by atoms with van der Waals surface area (Å²) in [5.74, 6) is 0.529. The molecule has 0 saturated heterocycles. The molecular weight excluding hydrogens is 239 g/mol. The summed E-state index contributed by atoms with van der Waals surface area (Å²) in [5, 5.41) is 0. The molecule has 1 aromatic heterocycles. The molecule has 4 heteroatoms. The first-order chi connectivity index (χ1) is 7.83. The Kier molecular flexibility index (Phi) is 3.11. The molecule has 3 aromatic rings. The minimum atomic E-state index is -0.236. The Morgan fingerprint density at radius 2 is 1.65 bits per heavy atom. The second-order valence-electron chi connectivity index (χ2n) is 3.61. The van der Waals surface area contributed by atoms with Crippen LogP contribution >= 0.6 is 0 Å². The van der Waals surface area contributed by atoms with E-state index in [9.17, 15) is 4.39 Å². The standard InChI is InChI=1S/C13H9FN2.ClH/c14-10-7-5-9(6-8-10)13-15-11-3-1-2-4-12(11)16-13;/h1-8H,(H,15,16);1H/p-1. The highest BCUT2D eigenvalue weighted by Gasteiger charge is 2.04. The van der Waals surface area contributed by atoms with Gasteiger partial charge in [-0.05, 0) is 36.4 Å². The SMILES string of the molecule is Fc1ccc(-c2nc3ccccc3[nH]2)cc1.[Cl-]. The fraction of sp³-hybridized carbons (Fsp3) is 0. The highest BCUT2D eigenvalue weighted by atomic mass is 35.5. The van der Waals surface area contributed by atoms with Crippen LogP contribution < -0.4 is 12.4 Å². The van der Waals surface area contributed by atoms with Crippen molar-refractivity contribution in [1.82, 2.24) is 9.97 Å². The van der Waals surface area contributed by atoms with E-state index >= 15 is 0 Å². The summed E-state index contributed by atoms with van der Waals surface area (Å²) in [7, 11) is 0. The number of benzene rings is 2. The summed E-state index contributed by atoms with van der Waals surface area (Å²) in [6, 6.07) is 14.1. The Morgan fingerprint density at radius 1 is 0.941 bits per heavy atom. The van der Waals surface area contributed by atoms with Crippen molar-refractivity contribution >= 4 is 11.0 Å². The summed E-state index contributed by atoms with van der Waals surface area (Å²) < 4.78 is 12.8. The zero-order valence-corrected chi connectivity index (χ0v) is 9.58. The van der Waals surface area contributed by atoms with Gasteiger partial charge in [-0.15, -0.1) is 0 Å². The first kappa shape index (κ1) is 11.6. The molecule has 0 fully saturated rings. The predicted octanol–water partition coefficient (Wildman–Crippen LogP) is 0.373. The van der Waals surface area contributed by atoms with Crippen LogP contribution in [0.25, 0.3) is 22.4 Å². The van der Waals surface area contributed by atoms with Gasteiger partial charge in [-0.1, -0.05) is 12.1 Å². The van der Waals surface area contributed by atoms with Gasteiger partial charge in [-0.3, -0.25) is 0 Å². The Balaban J connectivity index is 0.00000108. The van der Waals surface area contributed by atoms with Crippen molar-refractivity contribution in [3.63, 3.8) is 0 Å². The summed E-state index contributed by atoms with van der Waals surface area (Å²) in [6.07, 6.45) is 0. The van der Waals surface area contributed by atoms with Crippen molar-refractivity contribution in [3.05, 3.63) is 54.3 Å². The van der Waals surface area contributed by atoms with E-state index in [4.69, 9.17) is 0 Å². The van der Waals surface area contributed by atoms with Crippen LogP contribution in [-0.2, 0) is 0 Å². The Labute approximate surface area is 104 Å². The first-order valence-electron chi connectivity index (χ1n) is 5.03. The number of nitrogens with zero attached hydrogens (tertiary/aromatic N) is 1. The summed E-state index contributed by atoms with van der Waals surface area (Å²) in [5.41, 5.74) is 2.79. The Hall–Kier alpha value is -1.87. The van der Waals surface area contributed by atoms with E-state index in [1.807, 2.05) is 24.3 Å². The van der Waals surface area contributed by atoms with Crippen molar-refractivity contribution in [3.8, 4) is 11.4 Å². The molecule has 0 aliphatic heterocycles. The molecule has 1 heterocycles. The van der Waals surface area contributed by atoms with Crippen molar-refractivity contribution < 1.29 is 16.8 Å². The third-order valence-corrected chi connectivity index (χ3v) is 2.51. The van der Waals surface area contributed by atoms with Crippen LogP contribution in [0.5, 0.6) is 0 Å². The lowest BCUT2D eigenvalue weighted by Crippen LogP contribution is -3.00. The second-order valence-corrected chi connectivity index (χ2v) is 3.61. The molecule has 2 aromatic carbocycles. The zero-order chi connectivity index (χ0) is 11.0. The van der Waals surface area contributed by atoms with Crippen molar-refractivity contribution in [2.24, 2.45) is 0 Å². The van der Waals surface area contributed by atoms with Gasteiger partial charge in [0.05, 0.1) is 11.0 Å². The van der Waals surface area contributed by atoms with Crippen LogP contribution in [0.4, 0.5) is 4.39 Å². The van der Waals surface area contributed by atoms with E-state index in [0.29, 0.717) is 0 Å². The van der Waals surface area contributed by atoms with Gasteiger partial charge in [0, 0.05) is 5.56 Å². The fourth-order valence-corrected chi connectivity index (χ4v) is 1.70. The Morgan fingerprint density at radius 3 is 2.35 bits per heavy atom. The Bertz CT molecular complexity index is 598. The maximum absolute atomic E-state index is 12.8. The molecule has 2 nitrogen and oxygen atoms in total. The number of para-hydroxylation sites is 2. The number of aromatic nitrogens is 2. The van der Waals surface area contributed by atoms with E-state index in [2.05, 4.69) is 9.97 Å². The molecule has 17 heavy (non-hydrogen) atoms. The number of imidazole rings is 1. The van der Waals surface area contributed by atoms with Crippen molar-refractivity contribution in [1.29, 1.82) is 0 Å². The summed E-state index contributed by atoms with van der Waals surface area (Å²) >= 11 is 0. The normalized spacial score (nSPS) is 10.2. The van der Waals surface area contributed by atoms with Gasteiger partial charge >= 0.3 is 0 Å². The van der Waals surface area contributed by atoms with Gasteiger partial charge in [-0.2, -0.15) is 0 Å². The molecule has 0 atom stereocenters. The molecule has 0 aliphatic carbocycles. The zero-order valence-electron chi connectivity index (χ0n) is 8.82. The van der Waals surface area contributed by atoms with Crippen LogP contribution in [-0.4, -0.2) is 9.97 Å². The molecule has 86 valence electrons. The van der Waals surface area contributed by atoms with E-state index in [1.165, 1.54) is 12.1 Å². The highest BCUT2D eigenvalue weighted by molar-refractivity contribution is 5.79. The predicted molar refractivity (Wildman–Crippen MR) is 61.5 cm³/mol. The average molecular weight is 248 g/mol. The quantitative estimate of drug-likeness (QED) is 0.662. The molecule has 0 aliphatic rings. The summed E-state index contributed by atoms with van der Waals surface area (Å²) in [6.45, 7) is 0. The minimum Gasteiger partial charge on any atom is -1.00 e.